The van der Waals surface area contributed by atoms with Gasteiger partial charge in [-0.25, -0.2) is 0 Å². The molecule has 1 atom stereocenters. The average molecular weight is 197 g/mol. The van der Waals surface area contributed by atoms with E-state index in [9.17, 15) is 0 Å². The molecule has 82 valence electrons. The summed E-state index contributed by atoms with van der Waals surface area (Å²) in [6.07, 6.45) is 9.55. The first-order valence-corrected chi connectivity index (χ1v) is 5.61. The Hall–Kier alpha value is -0.340. The number of nitrogens with one attached hydrogen (secondary N) is 1. The third kappa shape index (κ3) is 4.25. The topological polar surface area (TPSA) is 21.3 Å². The highest BCUT2D eigenvalue weighted by Crippen LogP contribution is 2.30. The van der Waals surface area contributed by atoms with Crippen molar-refractivity contribution >= 4 is 0 Å². The molecule has 1 heterocycles. The van der Waals surface area contributed by atoms with Crippen LogP contribution in [0.1, 0.15) is 39.5 Å². The van der Waals surface area contributed by atoms with Crippen LogP contribution in [0.15, 0.2) is 12.2 Å². The summed E-state index contributed by atoms with van der Waals surface area (Å²) in [4.78, 5) is 0. The van der Waals surface area contributed by atoms with Crippen molar-refractivity contribution in [3.05, 3.63) is 12.2 Å². The van der Waals surface area contributed by atoms with Crippen molar-refractivity contribution in [3.63, 3.8) is 0 Å². The largest absolute Gasteiger partial charge is 0.372 e. The zero-order valence-corrected chi connectivity index (χ0v) is 9.68. The van der Waals surface area contributed by atoms with E-state index in [0.29, 0.717) is 6.10 Å². The summed E-state index contributed by atoms with van der Waals surface area (Å²) in [5.41, 5.74) is 0.115. The highest BCUT2D eigenvalue weighted by Gasteiger charge is 2.30. The maximum absolute atomic E-state index is 5.89. The number of ether oxygens (including phenoxy) is 1. The van der Waals surface area contributed by atoms with Gasteiger partial charge >= 0.3 is 0 Å². The summed E-state index contributed by atoms with van der Waals surface area (Å²) in [6.45, 7) is 5.42. The SMILES string of the molecule is CNCC/C=C/CC1CCC(C)(C)O1. The van der Waals surface area contributed by atoms with E-state index in [4.69, 9.17) is 4.74 Å². The van der Waals surface area contributed by atoms with Gasteiger partial charge in [-0.1, -0.05) is 12.2 Å². The van der Waals surface area contributed by atoms with Crippen LogP contribution < -0.4 is 5.32 Å². The molecule has 1 N–H and O–H groups in total. The Morgan fingerprint density at radius 2 is 2.21 bits per heavy atom. The predicted molar refractivity (Wildman–Crippen MR) is 60.5 cm³/mol. The predicted octanol–water partition coefficient (Wildman–Crippen LogP) is 2.50. The summed E-state index contributed by atoms with van der Waals surface area (Å²) in [5, 5.41) is 3.13. The Morgan fingerprint density at radius 3 is 2.79 bits per heavy atom. The molecule has 2 heteroatoms. The monoisotopic (exact) mass is 197 g/mol. The van der Waals surface area contributed by atoms with Gasteiger partial charge in [0.15, 0.2) is 0 Å². The second-order valence-corrected chi connectivity index (χ2v) is 4.64. The minimum Gasteiger partial charge on any atom is -0.372 e. The number of rotatable bonds is 5. The molecule has 0 aromatic carbocycles. The van der Waals surface area contributed by atoms with Crippen molar-refractivity contribution in [1.29, 1.82) is 0 Å². The lowest BCUT2D eigenvalue weighted by molar-refractivity contribution is -0.0134. The Labute approximate surface area is 87.7 Å². The molecule has 2 nitrogen and oxygen atoms in total. The highest BCUT2D eigenvalue weighted by atomic mass is 16.5. The minimum atomic E-state index is 0.115. The lowest BCUT2D eigenvalue weighted by Crippen LogP contribution is -2.19. The molecule has 0 radical (unpaired) electrons. The Kier molecular flexibility index (Phi) is 4.63. The summed E-state index contributed by atoms with van der Waals surface area (Å²) in [5.74, 6) is 0. The molecule has 1 saturated heterocycles. The van der Waals surface area contributed by atoms with E-state index in [1.165, 1.54) is 12.8 Å². The summed E-state index contributed by atoms with van der Waals surface area (Å²) in [7, 11) is 1.98. The molecule has 1 unspecified atom stereocenters. The molecule has 1 rings (SSSR count). The summed E-state index contributed by atoms with van der Waals surface area (Å²) >= 11 is 0. The van der Waals surface area contributed by atoms with Crippen LogP contribution in [0.3, 0.4) is 0 Å². The van der Waals surface area contributed by atoms with Crippen LogP contribution in [0.2, 0.25) is 0 Å². The fraction of sp³-hybridized carbons (Fsp3) is 0.833. The zero-order valence-electron chi connectivity index (χ0n) is 9.68. The average Bonchev–Trinajstić information content (AvgIpc) is 2.45. The van der Waals surface area contributed by atoms with Crippen LogP contribution in [-0.2, 0) is 4.74 Å². The molecule has 0 aliphatic carbocycles. The van der Waals surface area contributed by atoms with Gasteiger partial charge in [0.25, 0.3) is 0 Å². The van der Waals surface area contributed by atoms with Crippen molar-refractivity contribution < 1.29 is 4.74 Å². The van der Waals surface area contributed by atoms with Crippen LogP contribution in [0, 0.1) is 0 Å². The first-order valence-electron chi connectivity index (χ1n) is 5.61. The normalized spacial score (nSPS) is 26.1. The van der Waals surface area contributed by atoms with Crippen LogP contribution in [0.25, 0.3) is 0 Å². The van der Waals surface area contributed by atoms with Crippen molar-refractivity contribution in [2.24, 2.45) is 0 Å². The maximum Gasteiger partial charge on any atom is 0.0631 e. The fourth-order valence-electron chi connectivity index (χ4n) is 1.84. The molecular weight excluding hydrogens is 174 g/mol. The van der Waals surface area contributed by atoms with Gasteiger partial charge in [0.05, 0.1) is 11.7 Å². The molecule has 0 aromatic heterocycles. The third-order valence-electron chi connectivity index (χ3n) is 2.68. The summed E-state index contributed by atoms with van der Waals surface area (Å²) in [6, 6.07) is 0. The Morgan fingerprint density at radius 1 is 1.43 bits per heavy atom. The van der Waals surface area contributed by atoms with Crippen molar-refractivity contribution in [2.75, 3.05) is 13.6 Å². The Balaban J connectivity index is 2.11. The van der Waals surface area contributed by atoms with Crippen molar-refractivity contribution in [3.8, 4) is 0 Å². The molecule has 1 aliphatic heterocycles. The molecule has 0 aromatic rings. The van der Waals surface area contributed by atoms with E-state index < -0.39 is 0 Å². The van der Waals surface area contributed by atoms with Gasteiger partial charge < -0.3 is 10.1 Å². The number of hydrogen-bond acceptors (Lipinski definition) is 2. The van der Waals surface area contributed by atoms with Gasteiger partial charge in [0, 0.05) is 0 Å². The molecule has 0 bridgehead atoms. The van der Waals surface area contributed by atoms with E-state index >= 15 is 0 Å². The molecule has 1 fully saturated rings. The van der Waals surface area contributed by atoms with Crippen molar-refractivity contribution in [1.82, 2.24) is 5.32 Å². The first-order chi connectivity index (χ1) is 6.64. The van der Waals surface area contributed by atoms with E-state index in [1.807, 2.05) is 7.05 Å². The molecule has 1 aliphatic rings. The van der Waals surface area contributed by atoms with Crippen LogP contribution >= 0.6 is 0 Å². The van der Waals surface area contributed by atoms with E-state index in [-0.39, 0.29) is 5.60 Å². The maximum atomic E-state index is 5.89. The molecule has 0 spiro atoms. The first kappa shape index (κ1) is 11.7. The smallest absolute Gasteiger partial charge is 0.0631 e. The highest BCUT2D eigenvalue weighted by molar-refractivity contribution is 4.89. The molecular formula is C12H23NO. The van der Waals surface area contributed by atoms with E-state index in [2.05, 4.69) is 31.3 Å². The van der Waals surface area contributed by atoms with Gasteiger partial charge in [0.2, 0.25) is 0 Å². The zero-order chi connectivity index (χ0) is 10.4. The third-order valence-corrected chi connectivity index (χ3v) is 2.68. The number of hydrogen-bond donors (Lipinski definition) is 1. The second kappa shape index (κ2) is 5.52. The van der Waals surface area contributed by atoms with Crippen LogP contribution in [-0.4, -0.2) is 25.3 Å². The second-order valence-electron chi connectivity index (χ2n) is 4.64. The van der Waals surface area contributed by atoms with E-state index in [1.54, 1.807) is 0 Å². The lowest BCUT2D eigenvalue weighted by atomic mass is 10.0. The molecule has 14 heavy (non-hydrogen) atoms. The van der Waals surface area contributed by atoms with Gasteiger partial charge in [-0.05, 0) is 53.1 Å². The van der Waals surface area contributed by atoms with Crippen molar-refractivity contribution in [2.45, 2.75) is 51.2 Å². The van der Waals surface area contributed by atoms with Crippen LogP contribution in [0.4, 0.5) is 0 Å². The Bertz CT molecular complexity index is 187. The van der Waals surface area contributed by atoms with Gasteiger partial charge in [-0.2, -0.15) is 0 Å². The molecule has 0 amide bonds. The minimum absolute atomic E-state index is 0.115. The fourth-order valence-corrected chi connectivity index (χ4v) is 1.84. The lowest BCUT2D eigenvalue weighted by Gasteiger charge is -2.18. The van der Waals surface area contributed by atoms with E-state index in [0.717, 1.165) is 19.4 Å². The van der Waals surface area contributed by atoms with Gasteiger partial charge in [-0.3, -0.25) is 0 Å². The molecule has 0 saturated carbocycles. The van der Waals surface area contributed by atoms with Gasteiger partial charge in [0.1, 0.15) is 0 Å². The van der Waals surface area contributed by atoms with Crippen LogP contribution in [0.5, 0.6) is 0 Å². The standard InChI is InChI=1S/C12H23NO/c1-12(2)9-8-11(14-12)7-5-4-6-10-13-3/h4-5,11,13H,6-10H2,1-3H3/b5-4+. The quantitative estimate of drug-likeness (QED) is 0.540. The summed E-state index contributed by atoms with van der Waals surface area (Å²) < 4.78 is 5.89. The van der Waals surface area contributed by atoms with Gasteiger partial charge in [-0.15, -0.1) is 0 Å².